The Morgan fingerprint density at radius 3 is 2.45 bits per heavy atom. The summed E-state index contributed by atoms with van der Waals surface area (Å²) < 4.78 is 18.5. The van der Waals surface area contributed by atoms with E-state index < -0.39 is 0 Å². The van der Waals surface area contributed by atoms with E-state index in [-0.39, 0.29) is 5.82 Å². The lowest BCUT2D eigenvalue weighted by molar-refractivity contribution is 0.303. The molecule has 0 unspecified atom stereocenters. The third kappa shape index (κ3) is 5.76. The average Bonchev–Trinajstić information content (AvgIpc) is 2.54. The van der Waals surface area contributed by atoms with Crippen LogP contribution in [0.3, 0.4) is 0 Å². The Balaban J connectivity index is 1.54. The lowest BCUT2D eigenvalue weighted by Crippen LogP contribution is -1.97. The van der Waals surface area contributed by atoms with Crippen LogP contribution in [0.1, 0.15) is 31.2 Å². The zero-order valence-corrected chi connectivity index (χ0v) is 13.1. The molecule has 0 spiro atoms. The molecule has 0 saturated heterocycles. The normalized spacial score (nSPS) is 10.5. The molecule has 0 saturated carbocycles. The highest BCUT2D eigenvalue weighted by atomic mass is 19.1. The fourth-order valence-electron chi connectivity index (χ4n) is 2.37. The predicted molar refractivity (Wildman–Crippen MR) is 90.1 cm³/mol. The number of unbranched alkanes of at least 4 members (excludes halogenated alkanes) is 3. The zero-order chi connectivity index (χ0) is 15.6. The second-order valence-electron chi connectivity index (χ2n) is 5.42. The molecular weight excluding hydrogens is 277 g/mol. The highest BCUT2D eigenvalue weighted by molar-refractivity contribution is 5.43. The Hall–Kier alpha value is -2.03. The first-order valence-electron chi connectivity index (χ1n) is 7.93. The van der Waals surface area contributed by atoms with Gasteiger partial charge in [-0.25, -0.2) is 4.39 Å². The van der Waals surface area contributed by atoms with Gasteiger partial charge < -0.3 is 10.1 Å². The van der Waals surface area contributed by atoms with Crippen molar-refractivity contribution in [2.24, 2.45) is 0 Å². The van der Waals surface area contributed by atoms with Crippen molar-refractivity contribution in [1.29, 1.82) is 0 Å². The molecule has 0 aromatic heterocycles. The molecule has 0 amide bonds. The summed E-state index contributed by atoms with van der Waals surface area (Å²) in [5, 5.41) is 3.12. The molecule has 0 aliphatic rings. The fraction of sp³-hybridized carbons (Fsp3) is 0.368. The van der Waals surface area contributed by atoms with Crippen LogP contribution in [-0.4, -0.2) is 13.7 Å². The van der Waals surface area contributed by atoms with Crippen LogP contribution in [0, 0.1) is 5.82 Å². The highest BCUT2D eigenvalue weighted by Gasteiger charge is 1.97. The molecule has 118 valence electrons. The maximum Gasteiger partial charge on any atom is 0.126 e. The number of hydrogen-bond acceptors (Lipinski definition) is 2. The molecule has 0 aliphatic heterocycles. The summed E-state index contributed by atoms with van der Waals surface area (Å²) in [6, 6.07) is 14.9. The number of halogens is 1. The number of hydrogen-bond donors (Lipinski definition) is 1. The molecule has 3 heteroatoms. The minimum atomic E-state index is -0.248. The van der Waals surface area contributed by atoms with Gasteiger partial charge in [0.1, 0.15) is 11.6 Å². The summed E-state index contributed by atoms with van der Waals surface area (Å²) in [6.07, 6.45) is 5.66. The summed E-state index contributed by atoms with van der Waals surface area (Å²) in [7, 11) is 1.93. The second kappa shape index (κ2) is 9.08. The molecular formula is C19H24FNO. The third-order valence-corrected chi connectivity index (χ3v) is 3.67. The van der Waals surface area contributed by atoms with Gasteiger partial charge in [-0.05, 0) is 49.1 Å². The van der Waals surface area contributed by atoms with E-state index in [1.807, 2.05) is 7.05 Å². The van der Waals surface area contributed by atoms with Crippen LogP contribution in [-0.2, 0) is 6.42 Å². The summed E-state index contributed by atoms with van der Waals surface area (Å²) in [5.41, 5.74) is 2.54. The summed E-state index contributed by atoms with van der Waals surface area (Å²) in [4.78, 5) is 0. The Bertz CT molecular complexity index is 554. The zero-order valence-electron chi connectivity index (χ0n) is 13.1. The van der Waals surface area contributed by atoms with Crippen LogP contribution in [0.15, 0.2) is 48.5 Å². The van der Waals surface area contributed by atoms with Gasteiger partial charge in [0.25, 0.3) is 0 Å². The van der Waals surface area contributed by atoms with E-state index in [1.165, 1.54) is 30.5 Å². The summed E-state index contributed by atoms with van der Waals surface area (Å²) in [5.74, 6) is 0.367. The quantitative estimate of drug-likeness (QED) is 0.654. The number of rotatable bonds is 9. The molecule has 2 aromatic rings. The van der Waals surface area contributed by atoms with Crippen molar-refractivity contribution < 1.29 is 9.13 Å². The van der Waals surface area contributed by atoms with Gasteiger partial charge in [0, 0.05) is 18.8 Å². The average molecular weight is 301 g/mol. The van der Waals surface area contributed by atoms with Crippen LogP contribution in [0.25, 0.3) is 0 Å². The minimum absolute atomic E-state index is 0.248. The maximum absolute atomic E-state index is 13.0. The smallest absolute Gasteiger partial charge is 0.126 e. The van der Waals surface area contributed by atoms with Gasteiger partial charge in [-0.1, -0.05) is 31.0 Å². The number of anilines is 1. The Labute approximate surface area is 132 Å². The van der Waals surface area contributed by atoms with Crippen LogP contribution >= 0.6 is 0 Å². The standard InChI is InChI=1S/C19H24FNO/c1-21-18-12-10-16(11-13-18)7-4-2-3-5-14-22-19-9-6-8-17(20)15-19/h6,8-13,15,21H,2-5,7,14H2,1H3. The summed E-state index contributed by atoms with van der Waals surface area (Å²) in [6.45, 7) is 0.653. The molecule has 0 heterocycles. The highest BCUT2D eigenvalue weighted by Crippen LogP contribution is 2.14. The van der Waals surface area contributed by atoms with Crippen molar-refractivity contribution in [3.05, 3.63) is 59.9 Å². The summed E-state index contributed by atoms with van der Waals surface area (Å²) >= 11 is 0. The Morgan fingerprint density at radius 1 is 0.955 bits per heavy atom. The van der Waals surface area contributed by atoms with Crippen LogP contribution in [0.5, 0.6) is 5.75 Å². The SMILES string of the molecule is CNc1ccc(CCCCCCOc2cccc(F)c2)cc1. The lowest BCUT2D eigenvalue weighted by atomic mass is 10.1. The van der Waals surface area contributed by atoms with E-state index in [1.54, 1.807) is 12.1 Å². The molecule has 2 nitrogen and oxygen atoms in total. The second-order valence-corrected chi connectivity index (χ2v) is 5.42. The molecule has 0 fully saturated rings. The van der Waals surface area contributed by atoms with Crippen molar-refractivity contribution in [1.82, 2.24) is 0 Å². The van der Waals surface area contributed by atoms with E-state index in [0.29, 0.717) is 12.4 Å². The monoisotopic (exact) mass is 301 g/mol. The maximum atomic E-state index is 13.0. The minimum Gasteiger partial charge on any atom is -0.493 e. The molecule has 0 atom stereocenters. The van der Waals surface area contributed by atoms with Crippen molar-refractivity contribution in [3.63, 3.8) is 0 Å². The van der Waals surface area contributed by atoms with Crippen molar-refractivity contribution in [3.8, 4) is 5.75 Å². The van der Waals surface area contributed by atoms with Gasteiger partial charge >= 0.3 is 0 Å². The molecule has 0 bridgehead atoms. The Morgan fingerprint density at radius 2 is 1.73 bits per heavy atom. The van der Waals surface area contributed by atoms with Gasteiger partial charge in [-0.15, -0.1) is 0 Å². The first-order chi connectivity index (χ1) is 10.8. The van der Waals surface area contributed by atoms with E-state index in [2.05, 4.69) is 29.6 Å². The van der Waals surface area contributed by atoms with E-state index in [0.717, 1.165) is 24.9 Å². The molecule has 1 N–H and O–H groups in total. The predicted octanol–water partition coefficient (Wildman–Crippen LogP) is 5.05. The molecule has 2 rings (SSSR count). The number of aryl methyl sites for hydroxylation is 1. The largest absolute Gasteiger partial charge is 0.493 e. The van der Waals surface area contributed by atoms with Gasteiger partial charge in [0.15, 0.2) is 0 Å². The van der Waals surface area contributed by atoms with Crippen LogP contribution < -0.4 is 10.1 Å². The first kappa shape index (κ1) is 16.3. The van der Waals surface area contributed by atoms with Crippen molar-refractivity contribution in [2.45, 2.75) is 32.1 Å². The fourth-order valence-corrected chi connectivity index (χ4v) is 2.37. The number of ether oxygens (including phenoxy) is 1. The van der Waals surface area contributed by atoms with Crippen LogP contribution in [0.4, 0.5) is 10.1 Å². The molecule has 22 heavy (non-hydrogen) atoms. The topological polar surface area (TPSA) is 21.3 Å². The van der Waals surface area contributed by atoms with Gasteiger partial charge in [-0.2, -0.15) is 0 Å². The van der Waals surface area contributed by atoms with Gasteiger partial charge in [0.2, 0.25) is 0 Å². The van der Waals surface area contributed by atoms with Crippen LogP contribution in [0.2, 0.25) is 0 Å². The molecule has 2 aromatic carbocycles. The first-order valence-corrected chi connectivity index (χ1v) is 7.93. The van der Waals surface area contributed by atoms with Gasteiger partial charge in [-0.3, -0.25) is 0 Å². The third-order valence-electron chi connectivity index (χ3n) is 3.67. The van der Waals surface area contributed by atoms with E-state index >= 15 is 0 Å². The van der Waals surface area contributed by atoms with Crippen molar-refractivity contribution in [2.75, 3.05) is 19.0 Å². The number of benzene rings is 2. The number of nitrogens with one attached hydrogen (secondary N) is 1. The molecule has 0 radical (unpaired) electrons. The molecule has 0 aliphatic carbocycles. The Kier molecular flexibility index (Phi) is 6.75. The lowest BCUT2D eigenvalue weighted by Gasteiger charge is -2.06. The van der Waals surface area contributed by atoms with Gasteiger partial charge in [0.05, 0.1) is 6.61 Å². The van der Waals surface area contributed by atoms with E-state index in [9.17, 15) is 4.39 Å². The van der Waals surface area contributed by atoms with Crippen molar-refractivity contribution >= 4 is 5.69 Å². The van der Waals surface area contributed by atoms with E-state index in [4.69, 9.17) is 4.74 Å².